The van der Waals surface area contributed by atoms with Gasteiger partial charge in [0.25, 0.3) is 0 Å². The van der Waals surface area contributed by atoms with Gasteiger partial charge in [0.2, 0.25) is 10.0 Å². The lowest BCUT2D eigenvalue weighted by Gasteiger charge is -2.34. The molecule has 2 rings (SSSR count). The number of rotatable bonds is 3. The van der Waals surface area contributed by atoms with Gasteiger partial charge in [-0.1, -0.05) is 17.6 Å². The maximum Gasteiger partial charge on any atom is 0.244 e. The van der Waals surface area contributed by atoms with Crippen LogP contribution in [0.3, 0.4) is 0 Å². The Kier molecular flexibility index (Phi) is 4.48. The molecule has 0 bridgehead atoms. The number of amidine groups is 1. The molecule has 1 heterocycles. The van der Waals surface area contributed by atoms with Crippen LogP contribution in [-0.2, 0) is 10.0 Å². The molecule has 3 N–H and O–H groups in total. The molecule has 1 aromatic carbocycles. The van der Waals surface area contributed by atoms with E-state index in [-0.39, 0.29) is 17.3 Å². The number of aryl methyl sites for hydroxylation is 1. The van der Waals surface area contributed by atoms with E-state index >= 15 is 0 Å². The number of piperidine rings is 1. The first kappa shape index (κ1) is 15.7. The zero-order valence-electron chi connectivity index (χ0n) is 11.7. The molecule has 116 valence electrons. The second-order valence-corrected chi connectivity index (χ2v) is 6.92. The van der Waals surface area contributed by atoms with Crippen molar-refractivity contribution in [3.63, 3.8) is 0 Å². The minimum atomic E-state index is -3.90. The first-order valence-electron chi connectivity index (χ1n) is 6.63. The van der Waals surface area contributed by atoms with Crippen LogP contribution < -0.4 is 5.73 Å². The molecule has 6 nitrogen and oxygen atoms in total. The van der Waals surface area contributed by atoms with Gasteiger partial charge >= 0.3 is 0 Å². The summed E-state index contributed by atoms with van der Waals surface area (Å²) < 4.78 is 40.1. The van der Waals surface area contributed by atoms with Gasteiger partial charge in [-0.25, -0.2) is 12.8 Å². The van der Waals surface area contributed by atoms with Crippen molar-refractivity contribution in [2.24, 2.45) is 10.9 Å². The minimum absolute atomic E-state index is 0.0832. The summed E-state index contributed by atoms with van der Waals surface area (Å²) in [5, 5.41) is 11.7. The summed E-state index contributed by atoms with van der Waals surface area (Å²) in [6, 6.07) is 2.94. The number of sulfonamides is 1. The SMILES string of the molecule is Cc1ccc(F)cc1S(=O)(=O)N1CCCCC1C(N)=NO. The zero-order chi connectivity index (χ0) is 15.6. The summed E-state index contributed by atoms with van der Waals surface area (Å²) in [5.41, 5.74) is 6.06. The highest BCUT2D eigenvalue weighted by Crippen LogP contribution is 2.27. The second kappa shape index (κ2) is 5.98. The smallest absolute Gasteiger partial charge is 0.244 e. The summed E-state index contributed by atoms with van der Waals surface area (Å²) in [4.78, 5) is -0.0832. The average molecular weight is 315 g/mol. The Hall–Kier alpha value is -1.67. The molecule has 1 aromatic rings. The number of nitrogens with two attached hydrogens (primary N) is 1. The van der Waals surface area contributed by atoms with Crippen LogP contribution in [0.25, 0.3) is 0 Å². The molecular formula is C13H18FN3O3S. The molecule has 0 spiro atoms. The molecular weight excluding hydrogens is 297 g/mol. The van der Waals surface area contributed by atoms with Crippen molar-refractivity contribution in [2.75, 3.05) is 6.54 Å². The lowest BCUT2D eigenvalue weighted by atomic mass is 10.0. The van der Waals surface area contributed by atoms with Crippen molar-refractivity contribution in [1.29, 1.82) is 0 Å². The second-order valence-electron chi connectivity index (χ2n) is 5.06. The standard InChI is InChI=1S/C13H18FN3O3S/c1-9-5-6-10(14)8-12(9)21(19,20)17-7-3-2-4-11(17)13(15)16-18/h5-6,8,11,18H,2-4,7H2,1H3,(H2,15,16). The van der Waals surface area contributed by atoms with E-state index in [0.29, 0.717) is 18.4 Å². The Morgan fingerprint density at radius 3 is 2.86 bits per heavy atom. The zero-order valence-corrected chi connectivity index (χ0v) is 12.5. The van der Waals surface area contributed by atoms with Crippen LogP contribution in [0.4, 0.5) is 4.39 Å². The van der Waals surface area contributed by atoms with Crippen molar-refractivity contribution >= 4 is 15.9 Å². The molecule has 0 aromatic heterocycles. The third kappa shape index (κ3) is 3.01. The van der Waals surface area contributed by atoms with Gasteiger partial charge in [-0.15, -0.1) is 0 Å². The number of hydrogen-bond acceptors (Lipinski definition) is 4. The maximum atomic E-state index is 13.4. The van der Waals surface area contributed by atoms with Crippen LogP contribution in [0, 0.1) is 12.7 Å². The van der Waals surface area contributed by atoms with E-state index in [1.807, 2.05) is 0 Å². The van der Waals surface area contributed by atoms with Crippen molar-refractivity contribution in [3.05, 3.63) is 29.6 Å². The molecule has 21 heavy (non-hydrogen) atoms. The first-order chi connectivity index (χ1) is 9.87. The summed E-state index contributed by atoms with van der Waals surface area (Å²) in [7, 11) is -3.90. The number of halogens is 1. The Morgan fingerprint density at radius 1 is 1.48 bits per heavy atom. The Balaban J connectivity index is 2.48. The summed E-state index contributed by atoms with van der Waals surface area (Å²) >= 11 is 0. The van der Waals surface area contributed by atoms with Gasteiger partial charge in [0, 0.05) is 6.54 Å². The summed E-state index contributed by atoms with van der Waals surface area (Å²) in [6.07, 6.45) is 1.95. The molecule has 8 heteroatoms. The highest BCUT2D eigenvalue weighted by molar-refractivity contribution is 7.89. The predicted octanol–water partition coefficient (Wildman–Crippen LogP) is 1.42. The molecule has 1 fully saturated rings. The minimum Gasteiger partial charge on any atom is -0.409 e. The topological polar surface area (TPSA) is 96.0 Å². The van der Waals surface area contributed by atoms with Gasteiger partial charge in [0.05, 0.1) is 10.9 Å². The van der Waals surface area contributed by atoms with E-state index < -0.39 is 21.9 Å². The molecule has 1 atom stereocenters. The van der Waals surface area contributed by atoms with Gasteiger partial charge in [0.1, 0.15) is 5.82 Å². The van der Waals surface area contributed by atoms with Crippen molar-refractivity contribution in [2.45, 2.75) is 37.1 Å². The first-order valence-corrected chi connectivity index (χ1v) is 8.07. The van der Waals surface area contributed by atoms with E-state index in [2.05, 4.69) is 5.16 Å². The molecule has 1 aliphatic rings. The fourth-order valence-corrected chi connectivity index (χ4v) is 4.44. The number of nitrogens with zero attached hydrogens (tertiary/aromatic N) is 2. The molecule has 0 aliphatic carbocycles. The van der Waals surface area contributed by atoms with Crippen molar-refractivity contribution < 1.29 is 18.0 Å². The van der Waals surface area contributed by atoms with Crippen LogP contribution in [-0.4, -0.2) is 36.4 Å². The number of benzene rings is 1. The van der Waals surface area contributed by atoms with Crippen molar-refractivity contribution in [3.8, 4) is 0 Å². The van der Waals surface area contributed by atoms with E-state index in [9.17, 15) is 12.8 Å². The third-order valence-corrected chi connectivity index (χ3v) is 5.70. The average Bonchev–Trinajstić information content (AvgIpc) is 2.48. The molecule has 0 amide bonds. The normalized spacial score (nSPS) is 21.4. The van der Waals surface area contributed by atoms with Gasteiger partial charge in [0.15, 0.2) is 5.84 Å². The largest absolute Gasteiger partial charge is 0.409 e. The van der Waals surface area contributed by atoms with E-state index in [4.69, 9.17) is 10.9 Å². The molecule has 0 saturated carbocycles. The molecule has 1 aliphatic heterocycles. The van der Waals surface area contributed by atoms with Crippen LogP contribution in [0.1, 0.15) is 24.8 Å². The fourth-order valence-electron chi connectivity index (χ4n) is 2.53. The quantitative estimate of drug-likeness (QED) is 0.382. The Morgan fingerprint density at radius 2 is 2.19 bits per heavy atom. The van der Waals surface area contributed by atoms with E-state index in [0.717, 1.165) is 12.5 Å². The molecule has 1 saturated heterocycles. The number of oxime groups is 1. The van der Waals surface area contributed by atoms with Crippen molar-refractivity contribution in [1.82, 2.24) is 4.31 Å². The number of hydrogen-bond donors (Lipinski definition) is 2. The maximum absolute atomic E-state index is 13.4. The van der Waals surface area contributed by atoms with Crippen LogP contribution in [0.15, 0.2) is 28.3 Å². The highest BCUT2D eigenvalue weighted by atomic mass is 32.2. The van der Waals surface area contributed by atoms with Gasteiger partial charge in [-0.05, 0) is 37.5 Å². The summed E-state index contributed by atoms with van der Waals surface area (Å²) in [5.74, 6) is -0.760. The van der Waals surface area contributed by atoms with E-state index in [1.54, 1.807) is 6.92 Å². The van der Waals surface area contributed by atoms with Gasteiger partial charge in [-0.2, -0.15) is 4.31 Å². The summed E-state index contributed by atoms with van der Waals surface area (Å²) in [6.45, 7) is 1.87. The van der Waals surface area contributed by atoms with Crippen LogP contribution in [0.2, 0.25) is 0 Å². The fraction of sp³-hybridized carbons (Fsp3) is 0.462. The van der Waals surface area contributed by atoms with Gasteiger partial charge < -0.3 is 10.9 Å². The lowest BCUT2D eigenvalue weighted by Crippen LogP contribution is -2.50. The molecule has 1 unspecified atom stereocenters. The van der Waals surface area contributed by atoms with E-state index in [1.165, 1.54) is 16.4 Å². The Labute approximate surface area is 123 Å². The molecule has 0 radical (unpaired) electrons. The van der Waals surface area contributed by atoms with Crippen LogP contribution in [0.5, 0.6) is 0 Å². The lowest BCUT2D eigenvalue weighted by molar-refractivity contribution is 0.281. The van der Waals surface area contributed by atoms with Gasteiger partial charge in [-0.3, -0.25) is 0 Å². The highest BCUT2D eigenvalue weighted by Gasteiger charge is 2.36. The Bertz CT molecular complexity index is 661. The third-order valence-electron chi connectivity index (χ3n) is 3.65. The van der Waals surface area contributed by atoms with Crippen LogP contribution >= 0.6 is 0 Å². The monoisotopic (exact) mass is 315 g/mol. The predicted molar refractivity (Wildman–Crippen MR) is 76.1 cm³/mol.